The van der Waals surface area contributed by atoms with Crippen LogP contribution in [-0.4, -0.2) is 54.7 Å². The van der Waals surface area contributed by atoms with Crippen LogP contribution in [-0.2, 0) is 33.2 Å². The van der Waals surface area contributed by atoms with Crippen molar-refractivity contribution in [3.05, 3.63) is 126 Å². The molecule has 0 bridgehead atoms. The van der Waals surface area contributed by atoms with Gasteiger partial charge in [-0.1, -0.05) is 71.8 Å². The van der Waals surface area contributed by atoms with Gasteiger partial charge in [-0.3, -0.25) is 14.1 Å². The van der Waals surface area contributed by atoms with Gasteiger partial charge in [-0.05, 0) is 61.7 Å². The van der Waals surface area contributed by atoms with Crippen LogP contribution in [0.15, 0.2) is 113 Å². The largest absolute Gasteiger partial charge is 0.390 e. The Morgan fingerprint density at radius 1 is 0.738 bits per heavy atom. The number of rotatable bonds is 9. The fourth-order valence-corrected chi connectivity index (χ4v) is 4.42. The summed E-state index contributed by atoms with van der Waals surface area (Å²) in [6, 6.07) is 25.6. The number of hydrogen-bond acceptors (Lipinski definition) is 8. The molecule has 4 aromatic rings. The van der Waals surface area contributed by atoms with E-state index in [0.29, 0.717) is 19.5 Å². The van der Waals surface area contributed by atoms with Crippen LogP contribution in [0.25, 0.3) is 0 Å². The molecule has 42 heavy (non-hydrogen) atoms. The highest BCUT2D eigenvalue weighted by Crippen LogP contribution is 2.09. The first-order chi connectivity index (χ1) is 19.8. The Kier molecular flexibility index (Phi) is 13.9. The maximum Gasteiger partial charge on any atom is 0.294 e. The predicted molar refractivity (Wildman–Crippen MR) is 162 cm³/mol. The second kappa shape index (κ2) is 16.8. The van der Waals surface area contributed by atoms with Crippen molar-refractivity contribution in [2.45, 2.75) is 48.7 Å². The van der Waals surface area contributed by atoms with Gasteiger partial charge in [0.15, 0.2) is 0 Å². The Morgan fingerprint density at radius 3 is 1.64 bits per heavy atom. The van der Waals surface area contributed by atoms with Gasteiger partial charge >= 0.3 is 0 Å². The smallest absolute Gasteiger partial charge is 0.294 e. The molecule has 0 aliphatic heterocycles. The SMILES string of the molecule is Cc1ccc(S(=O)(=O)O)cc1.Cc1ccc(S(=O)(=O)O)cc1.N[C@@H](Cc1ccccc1)[C@H](O)CNCc1cccnc1. The topological polar surface area (TPSA) is 180 Å². The van der Waals surface area contributed by atoms with E-state index in [9.17, 15) is 21.9 Å². The molecule has 6 N–H and O–H groups in total. The summed E-state index contributed by atoms with van der Waals surface area (Å²) >= 11 is 0. The van der Waals surface area contributed by atoms with Crippen LogP contribution in [0, 0.1) is 13.8 Å². The van der Waals surface area contributed by atoms with E-state index in [0.717, 1.165) is 22.3 Å². The summed E-state index contributed by atoms with van der Waals surface area (Å²) in [5.74, 6) is 0. The molecule has 10 nitrogen and oxygen atoms in total. The van der Waals surface area contributed by atoms with Gasteiger partial charge in [-0.25, -0.2) is 0 Å². The second-order valence-corrected chi connectivity index (χ2v) is 12.3. The van der Waals surface area contributed by atoms with Crippen molar-refractivity contribution in [1.82, 2.24) is 10.3 Å². The quantitative estimate of drug-likeness (QED) is 0.175. The third kappa shape index (κ3) is 13.4. The van der Waals surface area contributed by atoms with Gasteiger partial charge in [0.2, 0.25) is 0 Å². The van der Waals surface area contributed by atoms with E-state index >= 15 is 0 Å². The molecular formula is C30H37N3O7S2. The number of aliphatic hydroxyl groups excluding tert-OH is 1. The number of aliphatic hydroxyl groups is 1. The van der Waals surface area contributed by atoms with Crippen LogP contribution >= 0.6 is 0 Å². The molecule has 1 aromatic heterocycles. The number of hydrogen-bond donors (Lipinski definition) is 5. The summed E-state index contributed by atoms with van der Waals surface area (Å²) in [5.41, 5.74) is 10.2. The van der Waals surface area contributed by atoms with Crippen molar-refractivity contribution >= 4 is 20.2 Å². The molecule has 3 aromatic carbocycles. The van der Waals surface area contributed by atoms with Crippen molar-refractivity contribution in [2.75, 3.05) is 6.54 Å². The Bertz CT molecular complexity index is 1480. The van der Waals surface area contributed by atoms with Crippen LogP contribution in [0.2, 0.25) is 0 Å². The van der Waals surface area contributed by atoms with Crippen molar-refractivity contribution in [3.63, 3.8) is 0 Å². The number of aromatic nitrogens is 1. The van der Waals surface area contributed by atoms with Gasteiger partial charge in [0, 0.05) is 31.5 Å². The average Bonchev–Trinajstić information content (AvgIpc) is 2.94. The number of aryl methyl sites for hydroxylation is 2. The molecule has 2 atom stereocenters. The maximum absolute atomic E-state index is 10.5. The Hall–Kier alpha value is -3.49. The lowest BCUT2D eigenvalue weighted by Crippen LogP contribution is -2.42. The van der Waals surface area contributed by atoms with Crippen LogP contribution in [0.3, 0.4) is 0 Å². The summed E-state index contributed by atoms with van der Waals surface area (Å²) in [6.45, 7) is 4.84. The molecule has 0 spiro atoms. The highest BCUT2D eigenvalue weighted by molar-refractivity contribution is 7.86. The van der Waals surface area contributed by atoms with E-state index < -0.39 is 26.3 Å². The minimum absolute atomic E-state index is 0.0666. The lowest BCUT2D eigenvalue weighted by atomic mass is 10.0. The molecule has 4 rings (SSSR count). The van der Waals surface area contributed by atoms with E-state index in [2.05, 4.69) is 10.3 Å². The number of nitrogens with one attached hydrogen (secondary N) is 1. The van der Waals surface area contributed by atoms with E-state index in [1.807, 2.05) is 62.5 Å². The number of nitrogens with two attached hydrogens (primary N) is 1. The third-order valence-electron chi connectivity index (χ3n) is 5.85. The highest BCUT2D eigenvalue weighted by Gasteiger charge is 2.14. The Morgan fingerprint density at radius 2 is 1.21 bits per heavy atom. The first kappa shape index (κ1) is 34.7. The number of benzene rings is 3. The third-order valence-corrected chi connectivity index (χ3v) is 7.59. The normalized spacial score (nSPS) is 12.6. The van der Waals surface area contributed by atoms with Gasteiger partial charge in [0.05, 0.1) is 15.9 Å². The maximum atomic E-state index is 10.5. The van der Waals surface area contributed by atoms with Crippen molar-refractivity contribution in [2.24, 2.45) is 5.73 Å². The zero-order valence-electron chi connectivity index (χ0n) is 23.4. The van der Waals surface area contributed by atoms with E-state index in [1.165, 1.54) is 24.3 Å². The minimum atomic E-state index is -4.02. The molecule has 0 fully saturated rings. The summed E-state index contributed by atoms with van der Waals surface area (Å²) in [5, 5.41) is 13.3. The zero-order valence-corrected chi connectivity index (χ0v) is 25.0. The molecule has 0 radical (unpaired) electrons. The van der Waals surface area contributed by atoms with Crippen molar-refractivity contribution in [3.8, 4) is 0 Å². The van der Waals surface area contributed by atoms with Crippen LogP contribution < -0.4 is 11.1 Å². The Balaban J connectivity index is 0.000000239. The van der Waals surface area contributed by atoms with Crippen LogP contribution in [0.5, 0.6) is 0 Å². The van der Waals surface area contributed by atoms with Crippen LogP contribution in [0.1, 0.15) is 22.3 Å². The Labute approximate surface area is 247 Å². The van der Waals surface area contributed by atoms with E-state index in [4.69, 9.17) is 14.8 Å². The molecule has 1 heterocycles. The van der Waals surface area contributed by atoms with Crippen molar-refractivity contribution < 1.29 is 31.0 Å². The standard InChI is InChI=1S/C16H21N3O.2C7H8O3S/c17-15(9-13-5-2-1-3-6-13)16(20)12-19-11-14-7-4-8-18-10-14;2*1-6-2-4-7(5-3-6)11(8,9)10/h1-8,10,15-16,19-20H,9,11-12,17H2;2*2-5H,1H3,(H,8,9,10)/t15-,16+;;/m0../s1. The molecular weight excluding hydrogens is 578 g/mol. The number of pyridine rings is 1. The summed E-state index contributed by atoms with van der Waals surface area (Å²) in [7, 11) is -8.04. The average molecular weight is 616 g/mol. The van der Waals surface area contributed by atoms with E-state index in [1.54, 1.807) is 30.5 Å². The second-order valence-electron chi connectivity index (χ2n) is 9.49. The lowest BCUT2D eigenvalue weighted by molar-refractivity contribution is 0.141. The monoisotopic (exact) mass is 615 g/mol. The summed E-state index contributed by atoms with van der Waals surface area (Å²) < 4.78 is 59.1. The van der Waals surface area contributed by atoms with Gasteiger partial charge in [-0.2, -0.15) is 16.8 Å². The molecule has 0 unspecified atom stereocenters. The molecule has 12 heteroatoms. The highest BCUT2D eigenvalue weighted by atomic mass is 32.2. The molecule has 0 aliphatic rings. The predicted octanol–water partition coefficient (Wildman–Crippen LogP) is 3.59. The summed E-state index contributed by atoms with van der Waals surface area (Å²) in [6.07, 6.45) is 3.67. The number of nitrogens with zero attached hydrogens (tertiary/aromatic N) is 1. The fourth-order valence-electron chi connectivity index (χ4n) is 3.46. The van der Waals surface area contributed by atoms with Gasteiger partial charge in [0.25, 0.3) is 20.2 Å². The lowest BCUT2D eigenvalue weighted by Gasteiger charge is -2.19. The first-order valence-electron chi connectivity index (χ1n) is 12.9. The molecule has 0 amide bonds. The molecule has 0 saturated heterocycles. The minimum Gasteiger partial charge on any atom is -0.390 e. The fraction of sp³-hybridized carbons (Fsp3) is 0.233. The van der Waals surface area contributed by atoms with Gasteiger partial charge < -0.3 is 16.2 Å². The molecule has 226 valence electrons. The molecule has 0 saturated carbocycles. The van der Waals surface area contributed by atoms with Gasteiger partial charge in [-0.15, -0.1) is 0 Å². The van der Waals surface area contributed by atoms with Gasteiger partial charge in [0.1, 0.15) is 0 Å². The zero-order chi connectivity index (χ0) is 31.2. The summed E-state index contributed by atoms with van der Waals surface area (Å²) in [4.78, 5) is 3.91. The van der Waals surface area contributed by atoms with Crippen molar-refractivity contribution in [1.29, 1.82) is 0 Å². The first-order valence-corrected chi connectivity index (χ1v) is 15.8. The van der Waals surface area contributed by atoms with E-state index in [-0.39, 0.29) is 15.8 Å². The molecule has 0 aliphatic carbocycles. The van der Waals surface area contributed by atoms with Crippen LogP contribution in [0.4, 0.5) is 0 Å².